The van der Waals surface area contributed by atoms with Gasteiger partial charge in [0.05, 0.1) is 21.3 Å². The van der Waals surface area contributed by atoms with E-state index >= 15 is 0 Å². The standard InChI is InChI=1S/C20H27NO4/c1-23-17-13-15(14-18(24-2)20(17)25-3)9-7-8-12-19(22)21-16-10-5-4-6-11-16/h7-9,12-14,16H,4-6,10-11H2,1-3H3,(H,21,22)/b9-7+,12-8+. The molecule has 0 spiro atoms. The number of carbonyl (C=O) groups excluding carboxylic acids is 1. The summed E-state index contributed by atoms with van der Waals surface area (Å²) in [6.07, 6.45) is 12.9. The van der Waals surface area contributed by atoms with Crippen LogP contribution in [-0.2, 0) is 4.79 Å². The van der Waals surface area contributed by atoms with Crippen molar-refractivity contribution in [3.8, 4) is 17.2 Å². The summed E-state index contributed by atoms with van der Waals surface area (Å²) in [5, 5.41) is 3.05. The molecule has 0 saturated heterocycles. The van der Waals surface area contributed by atoms with Gasteiger partial charge < -0.3 is 19.5 Å². The van der Waals surface area contributed by atoms with Crippen LogP contribution in [0.15, 0.2) is 30.4 Å². The summed E-state index contributed by atoms with van der Waals surface area (Å²) in [6, 6.07) is 4.03. The first-order valence-corrected chi connectivity index (χ1v) is 8.63. The second kappa shape index (κ2) is 9.77. The van der Waals surface area contributed by atoms with Crippen molar-refractivity contribution in [2.24, 2.45) is 0 Å². The van der Waals surface area contributed by atoms with E-state index in [2.05, 4.69) is 5.32 Å². The first-order chi connectivity index (χ1) is 12.2. The van der Waals surface area contributed by atoms with Crippen LogP contribution in [0, 0.1) is 0 Å². The summed E-state index contributed by atoms with van der Waals surface area (Å²) >= 11 is 0. The molecule has 0 bridgehead atoms. The minimum absolute atomic E-state index is 0.0403. The Labute approximate surface area is 149 Å². The lowest BCUT2D eigenvalue weighted by molar-refractivity contribution is -0.117. The number of hydrogen-bond donors (Lipinski definition) is 1. The quantitative estimate of drug-likeness (QED) is 0.604. The molecule has 1 fully saturated rings. The predicted octanol–water partition coefficient (Wildman–Crippen LogP) is 3.73. The molecule has 1 aliphatic carbocycles. The number of benzene rings is 1. The SMILES string of the molecule is COc1cc(/C=C/C=C/C(=O)NC2CCCCC2)cc(OC)c1OC. The molecule has 0 atom stereocenters. The number of allylic oxidation sites excluding steroid dienone is 2. The maximum atomic E-state index is 11.9. The molecule has 0 aromatic heterocycles. The van der Waals surface area contributed by atoms with Crippen LogP contribution in [0.3, 0.4) is 0 Å². The Balaban J connectivity index is 1.97. The number of hydrogen-bond acceptors (Lipinski definition) is 4. The number of amides is 1. The largest absolute Gasteiger partial charge is 0.493 e. The number of rotatable bonds is 7. The van der Waals surface area contributed by atoms with Crippen molar-refractivity contribution in [2.45, 2.75) is 38.1 Å². The molecule has 2 rings (SSSR count). The molecule has 1 aromatic carbocycles. The molecule has 0 aliphatic heterocycles. The van der Waals surface area contributed by atoms with Crippen molar-refractivity contribution in [1.29, 1.82) is 0 Å². The highest BCUT2D eigenvalue weighted by atomic mass is 16.5. The molecule has 5 nitrogen and oxygen atoms in total. The molecule has 136 valence electrons. The summed E-state index contributed by atoms with van der Waals surface area (Å²) in [6.45, 7) is 0. The number of carbonyl (C=O) groups is 1. The topological polar surface area (TPSA) is 56.8 Å². The van der Waals surface area contributed by atoms with Crippen LogP contribution in [0.4, 0.5) is 0 Å². The molecule has 5 heteroatoms. The highest BCUT2D eigenvalue weighted by Gasteiger charge is 2.14. The normalized spacial score (nSPS) is 15.5. The van der Waals surface area contributed by atoms with E-state index in [0.29, 0.717) is 23.3 Å². The van der Waals surface area contributed by atoms with Gasteiger partial charge in [0, 0.05) is 12.1 Å². The monoisotopic (exact) mass is 345 g/mol. The van der Waals surface area contributed by atoms with Crippen molar-refractivity contribution >= 4 is 12.0 Å². The van der Waals surface area contributed by atoms with Crippen LogP contribution >= 0.6 is 0 Å². The Kier molecular flexibility index (Phi) is 7.38. The summed E-state index contributed by atoms with van der Waals surface area (Å²) in [5.74, 6) is 1.71. The van der Waals surface area contributed by atoms with E-state index in [9.17, 15) is 4.79 Å². The average Bonchev–Trinajstić information content (AvgIpc) is 2.65. The van der Waals surface area contributed by atoms with Crippen LogP contribution in [0.5, 0.6) is 17.2 Å². The summed E-state index contributed by atoms with van der Waals surface area (Å²) in [5.41, 5.74) is 0.895. The van der Waals surface area contributed by atoms with E-state index in [0.717, 1.165) is 18.4 Å². The fourth-order valence-electron chi connectivity index (χ4n) is 3.00. The zero-order valence-electron chi connectivity index (χ0n) is 15.2. The molecule has 0 unspecified atom stereocenters. The molecule has 25 heavy (non-hydrogen) atoms. The van der Waals surface area contributed by atoms with Crippen molar-refractivity contribution in [3.05, 3.63) is 35.9 Å². The Morgan fingerprint density at radius 1 is 1.00 bits per heavy atom. The van der Waals surface area contributed by atoms with Crippen LogP contribution in [0.25, 0.3) is 6.08 Å². The molecule has 1 aliphatic rings. The molecule has 1 aromatic rings. The molecule has 1 saturated carbocycles. The van der Waals surface area contributed by atoms with Gasteiger partial charge in [-0.3, -0.25) is 4.79 Å². The Bertz CT molecular complexity index is 606. The van der Waals surface area contributed by atoms with Gasteiger partial charge in [0.2, 0.25) is 11.7 Å². The minimum atomic E-state index is -0.0403. The first-order valence-electron chi connectivity index (χ1n) is 8.63. The van der Waals surface area contributed by atoms with E-state index in [4.69, 9.17) is 14.2 Å². The smallest absolute Gasteiger partial charge is 0.244 e. The van der Waals surface area contributed by atoms with Crippen LogP contribution < -0.4 is 19.5 Å². The lowest BCUT2D eigenvalue weighted by atomic mass is 9.95. The fourth-order valence-corrected chi connectivity index (χ4v) is 3.00. The molecule has 1 amide bonds. The van der Waals surface area contributed by atoms with E-state index in [1.807, 2.05) is 24.3 Å². The summed E-state index contributed by atoms with van der Waals surface area (Å²) in [4.78, 5) is 11.9. The van der Waals surface area contributed by atoms with Gasteiger partial charge in [-0.2, -0.15) is 0 Å². The summed E-state index contributed by atoms with van der Waals surface area (Å²) in [7, 11) is 4.74. The molecule has 0 radical (unpaired) electrons. The molecule has 0 heterocycles. The highest BCUT2D eigenvalue weighted by Crippen LogP contribution is 2.38. The lowest BCUT2D eigenvalue weighted by Crippen LogP contribution is -2.34. The van der Waals surface area contributed by atoms with Crippen molar-refractivity contribution in [2.75, 3.05) is 21.3 Å². The lowest BCUT2D eigenvalue weighted by Gasteiger charge is -2.21. The van der Waals surface area contributed by atoms with Gasteiger partial charge in [0.25, 0.3) is 0 Å². The third-order valence-electron chi connectivity index (χ3n) is 4.29. The second-order valence-corrected chi connectivity index (χ2v) is 6.02. The van der Waals surface area contributed by atoms with Crippen molar-refractivity contribution in [1.82, 2.24) is 5.32 Å². The predicted molar refractivity (Wildman–Crippen MR) is 99.3 cm³/mol. The number of methoxy groups -OCH3 is 3. The Hall–Kier alpha value is -2.43. The third-order valence-corrected chi connectivity index (χ3v) is 4.29. The summed E-state index contributed by atoms with van der Waals surface area (Å²) < 4.78 is 16.0. The van der Waals surface area contributed by atoms with Gasteiger partial charge in [-0.1, -0.05) is 37.5 Å². The fraction of sp³-hybridized carbons (Fsp3) is 0.450. The van der Waals surface area contributed by atoms with E-state index in [1.165, 1.54) is 19.3 Å². The number of ether oxygens (including phenoxy) is 3. The van der Waals surface area contributed by atoms with Gasteiger partial charge >= 0.3 is 0 Å². The van der Waals surface area contributed by atoms with E-state index in [-0.39, 0.29) is 5.91 Å². The number of nitrogens with one attached hydrogen (secondary N) is 1. The third kappa shape index (κ3) is 5.55. The van der Waals surface area contributed by atoms with Gasteiger partial charge in [0.15, 0.2) is 11.5 Å². The van der Waals surface area contributed by atoms with Crippen molar-refractivity contribution in [3.63, 3.8) is 0 Å². The van der Waals surface area contributed by atoms with Crippen LogP contribution in [0.1, 0.15) is 37.7 Å². The second-order valence-electron chi connectivity index (χ2n) is 6.02. The van der Waals surface area contributed by atoms with E-state index in [1.54, 1.807) is 33.5 Å². The zero-order valence-corrected chi connectivity index (χ0v) is 15.2. The highest BCUT2D eigenvalue weighted by molar-refractivity contribution is 5.88. The molecular weight excluding hydrogens is 318 g/mol. The minimum Gasteiger partial charge on any atom is -0.493 e. The maximum Gasteiger partial charge on any atom is 0.244 e. The average molecular weight is 345 g/mol. The van der Waals surface area contributed by atoms with Crippen LogP contribution in [0.2, 0.25) is 0 Å². The molecular formula is C20H27NO4. The maximum absolute atomic E-state index is 11.9. The van der Waals surface area contributed by atoms with Gasteiger partial charge in [-0.05, 0) is 30.5 Å². The van der Waals surface area contributed by atoms with Gasteiger partial charge in [0.1, 0.15) is 0 Å². The van der Waals surface area contributed by atoms with Crippen LogP contribution in [-0.4, -0.2) is 33.3 Å². The first kappa shape index (κ1) is 18.9. The zero-order chi connectivity index (χ0) is 18.1. The van der Waals surface area contributed by atoms with Gasteiger partial charge in [-0.15, -0.1) is 0 Å². The van der Waals surface area contributed by atoms with Crippen molar-refractivity contribution < 1.29 is 19.0 Å². The molecule has 1 N–H and O–H groups in total. The Morgan fingerprint density at radius 3 is 2.20 bits per heavy atom. The van der Waals surface area contributed by atoms with Gasteiger partial charge in [-0.25, -0.2) is 0 Å². The van der Waals surface area contributed by atoms with E-state index < -0.39 is 0 Å². The Morgan fingerprint density at radius 2 is 1.64 bits per heavy atom.